The summed E-state index contributed by atoms with van der Waals surface area (Å²) in [4.78, 5) is 20.9. The maximum atomic E-state index is 12.2. The summed E-state index contributed by atoms with van der Waals surface area (Å²) in [6.07, 6.45) is 1.99. The zero-order valence-corrected chi connectivity index (χ0v) is 15.0. The Labute approximate surface area is 148 Å². The predicted molar refractivity (Wildman–Crippen MR) is 100 cm³/mol. The lowest BCUT2D eigenvalue weighted by atomic mass is 10.3. The van der Waals surface area contributed by atoms with E-state index in [0.29, 0.717) is 10.9 Å². The van der Waals surface area contributed by atoms with Gasteiger partial charge in [0, 0.05) is 11.0 Å². The number of carbonyl (C=O) groups is 1. The summed E-state index contributed by atoms with van der Waals surface area (Å²) in [5.41, 5.74) is 2.58. The Morgan fingerprint density at radius 2 is 2.12 bits per heavy atom. The second kappa shape index (κ2) is 7.63. The first kappa shape index (κ1) is 16.7. The van der Waals surface area contributed by atoms with Crippen LogP contribution in [0.1, 0.15) is 0 Å². The molecule has 0 aliphatic heterocycles. The molecule has 0 unspecified atom stereocenters. The highest BCUT2D eigenvalue weighted by Crippen LogP contribution is 2.26. The molecular formula is C17H17N3O2S2. The van der Waals surface area contributed by atoms with E-state index < -0.39 is 0 Å². The Hall–Kier alpha value is -2.12. The van der Waals surface area contributed by atoms with Crippen LogP contribution >= 0.6 is 23.5 Å². The molecule has 2 aromatic carbocycles. The summed E-state index contributed by atoms with van der Waals surface area (Å²) in [6.45, 7) is 0. The van der Waals surface area contributed by atoms with Gasteiger partial charge in [0.05, 0.1) is 29.6 Å². The van der Waals surface area contributed by atoms with Gasteiger partial charge in [-0.05, 0) is 30.5 Å². The number of hydrogen-bond donors (Lipinski definition) is 2. The number of amides is 1. The molecule has 0 saturated carbocycles. The van der Waals surface area contributed by atoms with Crippen molar-refractivity contribution in [3.8, 4) is 5.75 Å². The van der Waals surface area contributed by atoms with Crippen LogP contribution in [-0.2, 0) is 4.79 Å². The van der Waals surface area contributed by atoms with Gasteiger partial charge in [0.15, 0.2) is 5.16 Å². The molecule has 7 heteroatoms. The Kier molecular flexibility index (Phi) is 5.32. The summed E-state index contributed by atoms with van der Waals surface area (Å²) >= 11 is 2.98. The first-order valence-corrected chi connectivity index (χ1v) is 9.50. The predicted octanol–water partition coefficient (Wildman–Crippen LogP) is 4.02. The first-order valence-electron chi connectivity index (χ1n) is 7.29. The molecule has 0 saturated heterocycles. The normalized spacial score (nSPS) is 10.8. The molecule has 0 aliphatic carbocycles. The minimum atomic E-state index is -0.0560. The summed E-state index contributed by atoms with van der Waals surface area (Å²) in [7, 11) is 1.63. The number of aromatic amines is 1. The van der Waals surface area contributed by atoms with E-state index in [9.17, 15) is 4.79 Å². The Balaban J connectivity index is 1.63. The molecule has 124 valence electrons. The van der Waals surface area contributed by atoms with E-state index in [0.717, 1.165) is 27.4 Å². The van der Waals surface area contributed by atoms with Crippen LogP contribution in [0, 0.1) is 0 Å². The van der Waals surface area contributed by atoms with E-state index in [2.05, 4.69) is 15.3 Å². The third-order valence-electron chi connectivity index (χ3n) is 3.39. The molecule has 5 nitrogen and oxygen atoms in total. The fourth-order valence-corrected chi connectivity index (χ4v) is 3.47. The Morgan fingerprint density at radius 3 is 2.92 bits per heavy atom. The smallest absolute Gasteiger partial charge is 0.234 e. The van der Waals surface area contributed by atoms with Gasteiger partial charge in [0.2, 0.25) is 5.91 Å². The number of fused-ring (bicyclic) bond motifs is 1. The highest BCUT2D eigenvalue weighted by molar-refractivity contribution is 7.99. The van der Waals surface area contributed by atoms with Crippen molar-refractivity contribution in [3.63, 3.8) is 0 Å². The number of aromatic nitrogens is 2. The van der Waals surface area contributed by atoms with Gasteiger partial charge in [-0.2, -0.15) is 0 Å². The molecule has 1 amide bonds. The largest absolute Gasteiger partial charge is 0.497 e. The Bertz CT molecular complexity index is 864. The van der Waals surface area contributed by atoms with Gasteiger partial charge in [0.25, 0.3) is 0 Å². The maximum absolute atomic E-state index is 12.2. The molecule has 0 spiro atoms. The van der Waals surface area contributed by atoms with E-state index in [4.69, 9.17) is 4.74 Å². The van der Waals surface area contributed by atoms with Crippen molar-refractivity contribution in [1.82, 2.24) is 9.97 Å². The van der Waals surface area contributed by atoms with Gasteiger partial charge in [-0.25, -0.2) is 4.98 Å². The molecule has 3 rings (SSSR count). The number of ether oxygens (including phenoxy) is 1. The number of hydrogen-bond acceptors (Lipinski definition) is 5. The highest BCUT2D eigenvalue weighted by atomic mass is 32.2. The van der Waals surface area contributed by atoms with Crippen molar-refractivity contribution in [2.75, 3.05) is 24.4 Å². The average Bonchev–Trinajstić information content (AvgIpc) is 3.02. The van der Waals surface area contributed by atoms with Gasteiger partial charge in [-0.3, -0.25) is 4.79 Å². The number of methoxy groups -OCH3 is 1. The molecule has 2 N–H and O–H groups in total. The molecule has 24 heavy (non-hydrogen) atoms. The van der Waals surface area contributed by atoms with Gasteiger partial charge in [-0.15, -0.1) is 11.8 Å². The first-order chi connectivity index (χ1) is 11.7. The van der Waals surface area contributed by atoms with Crippen molar-refractivity contribution in [2.24, 2.45) is 0 Å². The third-order valence-corrected chi connectivity index (χ3v) is 5.06. The second-order valence-corrected chi connectivity index (χ2v) is 6.77. The highest BCUT2D eigenvalue weighted by Gasteiger charge is 2.09. The van der Waals surface area contributed by atoms with Crippen LogP contribution in [0.5, 0.6) is 5.75 Å². The average molecular weight is 359 g/mol. The van der Waals surface area contributed by atoms with E-state index in [-0.39, 0.29) is 5.91 Å². The minimum Gasteiger partial charge on any atom is -0.497 e. The fourth-order valence-electron chi connectivity index (χ4n) is 2.23. The van der Waals surface area contributed by atoms with Gasteiger partial charge < -0.3 is 15.0 Å². The molecule has 0 bridgehead atoms. The summed E-state index contributed by atoms with van der Waals surface area (Å²) in [5.74, 6) is 1.01. The number of thioether (sulfide) groups is 2. The van der Waals surface area contributed by atoms with Gasteiger partial charge in [0.1, 0.15) is 5.75 Å². The topological polar surface area (TPSA) is 67.0 Å². The van der Waals surface area contributed by atoms with E-state index in [1.165, 1.54) is 11.8 Å². The lowest BCUT2D eigenvalue weighted by Crippen LogP contribution is -2.14. The molecule has 1 aromatic heterocycles. The molecule has 0 radical (unpaired) electrons. The summed E-state index contributed by atoms with van der Waals surface area (Å²) in [6, 6.07) is 13.4. The Morgan fingerprint density at radius 1 is 1.29 bits per heavy atom. The van der Waals surface area contributed by atoms with Crippen molar-refractivity contribution in [1.29, 1.82) is 0 Å². The summed E-state index contributed by atoms with van der Waals surface area (Å²) in [5, 5.41) is 3.66. The van der Waals surface area contributed by atoms with E-state index in [1.54, 1.807) is 18.9 Å². The monoisotopic (exact) mass is 359 g/mol. The van der Waals surface area contributed by atoms with Crippen molar-refractivity contribution >= 4 is 46.2 Å². The number of H-pyrrole nitrogens is 1. The molecular weight excluding hydrogens is 342 g/mol. The molecule has 1 heterocycles. The van der Waals surface area contributed by atoms with Gasteiger partial charge >= 0.3 is 0 Å². The summed E-state index contributed by atoms with van der Waals surface area (Å²) < 4.78 is 5.20. The quantitative estimate of drug-likeness (QED) is 0.651. The number of anilines is 1. The number of carbonyl (C=O) groups excluding carboxylic acids is 1. The van der Waals surface area contributed by atoms with Crippen LogP contribution in [0.3, 0.4) is 0 Å². The number of nitrogens with zero attached hydrogens (tertiary/aromatic N) is 1. The molecule has 0 aliphatic rings. The van der Waals surface area contributed by atoms with Crippen LogP contribution in [0.2, 0.25) is 0 Å². The van der Waals surface area contributed by atoms with Crippen LogP contribution in [0.25, 0.3) is 11.0 Å². The van der Waals surface area contributed by atoms with Crippen LogP contribution in [0.15, 0.2) is 52.5 Å². The SMILES string of the molecule is COc1ccc2nc(SCC(=O)Nc3ccccc3SC)[nH]c2c1. The number of benzene rings is 2. The lowest BCUT2D eigenvalue weighted by Gasteiger charge is -2.08. The van der Waals surface area contributed by atoms with Crippen LogP contribution < -0.4 is 10.1 Å². The zero-order chi connectivity index (χ0) is 16.9. The molecule has 0 atom stereocenters. The number of para-hydroxylation sites is 1. The molecule has 3 aromatic rings. The standard InChI is InChI=1S/C17H17N3O2S2/c1-22-11-7-8-12-14(9-11)20-17(19-12)24-10-16(21)18-13-5-3-4-6-15(13)23-2/h3-9H,10H2,1-2H3,(H,18,21)(H,19,20). The van der Waals surface area contributed by atoms with Crippen molar-refractivity contribution in [3.05, 3.63) is 42.5 Å². The van der Waals surface area contributed by atoms with Crippen molar-refractivity contribution < 1.29 is 9.53 Å². The van der Waals surface area contributed by atoms with Crippen LogP contribution in [-0.4, -0.2) is 35.0 Å². The maximum Gasteiger partial charge on any atom is 0.234 e. The number of nitrogens with one attached hydrogen (secondary N) is 2. The number of rotatable bonds is 6. The van der Waals surface area contributed by atoms with Crippen LogP contribution in [0.4, 0.5) is 5.69 Å². The minimum absolute atomic E-state index is 0.0560. The fraction of sp³-hybridized carbons (Fsp3) is 0.176. The van der Waals surface area contributed by atoms with E-state index in [1.807, 2.05) is 48.7 Å². The lowest BCUT2D eigenvalue weighted by molar-refractivity contribution is -0.113. The second-order valence-electron chi connectivity index (χ2n) is 4.96. The van der Waals surface area contributed by atoms with E-state index >= 15 is 0 Å². The van der Waals surface area contributed by atoms with Gasteiger partial charge in [-0.1, -0.05) is 23.9 Å². The van der Waals surface area contributed by atoms with Crippen molar-refractivity contribution in [2.45, 2.75) is 10.1 Å². The molecule has 0 fully saturated rings. The number of imidazole rings is 1. The third kappa shape index (κ3) is 3.85. The zero-order valence-electron chi connectivity index (χ0n) is 13.3.